The van der Waals surface area contributed by atoms with Crippen molar-refractivity contribution in [3.63, 3.8) is 0 Å². The number of hydrogen-bond donors (Lipinski definition) is 2. The molecule has 1 aromatic carbocycles. The molecule has 0 spiro atoms. The summed E-state index contributed by atoms with van der Waals surface area (Å²) in [6.45, 7) is 3.82. The molecular formula is C24H22F3N7O3. The van der Waals surface area contributed by atoms with E-state index in [0.717, 1.165) is 12.3 Å². The number of rotatable bonds is 6. The van der Waals surface area contributed by atoms with Gasteiger partial charge >= 0.3 is 0 Å². The zero-order valence-corrected chi connectivity index (χ0v) is 19.8. The van der Waals surface area contributed by atoms with Crippen LogP contribution in [0.3, 0.4) is 0 Å². The van der Waals surface area contributed by atoms with Crippen molar-refractivity contribution >= 4 is 17.5 Å². The van der Waals surface area contributed by atoms with Crippen LogP contribution in [0.1, 0.15) is 33.2 Å². The summed E-state index contributed by atoms with van der Waals surface area (Å²) in [5, 5.41) is 8.30. The van der Waals surface area contributed by atoms with Crippen LogP contribution in [0.25, 0.3) is 5.82 Å². The summed E-state index contributed by atoms with van der Waals surface area (Å²) in [6.07, 6.45) is 0.476. The number of nitrogens with zero attached hydrogens (tertiary/aromatic N) is 5. The molecule has 2 aliphatic rings. The van der Waals surface area contributed by atoms with Crippen molar-refractivity contribution in [2.24, 2.45) is 10.8 Å². The van der Waals surface area contributed by atoms with Gasteiger partial charge in [0.2, 0.25) is 0 Å². The number of carbonyl (C=O) groups excluding carboxylic acids is 2. The van der Waals surface area contributed by atoms with Crippen LogP contribution >= 0.6 is 0 Å². The highest BCUT2D eigenvalue weighted by molar-refractivity contribution is 6.41. The molecule has 0 radical (unpaired) electrons. The lowest BCUT2D eigenvalue weighted by Crippen LogP contribution is -2.58. The average Bonchev–Trinajstić information content (AvgIpc) is 3.40. The summed E-state index contributed by atoms with van der Waals surface area (Å²) in [5.41, 5.74) is 9.69. The number of pyridine rings is 1. The van der Waals surface area contributed by atoms with Crippen molar-refractivity contribution in [3.05, 3.63) is 70.4 Å². The van der Waals surface area contributed by atoms with Crippen molar-refractivity contribution < 1.29 is 27.5 Å². The van der Waals surface area contributed by atoms with Gasteiger partial charge in [0.05, 0.1) is 42.2 Å². The minimum atomic E-state index is -0.740. The van der Waals surface area contributed by atoms with Gasteiger partial charge in [0.15, 0.2) is 17.4 Å². The molecule has 5 rings (SSSR count). The van der Waals surface area contributed by atoms with E-state index in [2.05, 4.69) is 20.6 Å². The van der Waals surface area contributed by atoms with Gasteiger partial charge in [0, 0.05) is 18.7 Å². The lowest BCUT2D eigenvalue weighted by molar-refractivity contribution is -0.132. The highest BCUT2D eigenvalue weighted by Crippen LogP contribution is 2.28. The molecule has 2 aromatic heterocycles. The first-order valence-corrected chi connectivity index (χ1v) is 11.4. The van der Waals surface area contributed by atoms with Gasteiger partial charge in [-0.3, -0.25) is 9.59 Å². The number of benzene rings is 1. The minimum absolute atomic E-state index is 0.0942. The normalized spacial score (nSPS) is 17.3. The van der Waals surface area contributed by atoms with Crippen molar-refractivity contribution in [3.8, 4) is 11.6 Å². The standard InChI is InChI=1S/C24H22F3N7O3/c1-11-21(23(28)35)12(2)34(32-11)20-6-19(18(27)8-29-20)37-16-9-33(10-16)24(36)22-17(7-30-31-22)13-3-14(25)5-15(26)4-13/h3-6,8,16-17,30H,7,9-10H2,1-2H3,(H2,28,35). The number of hydrazone groups is 1. The molecule has 4 heterocycles. The highest BCUT2D eigenvalue weighted by atomic mass is 19.1. The van der Waals surface area contributed by atoms with Crippen molar-refractivity contribution in [2.75, 3.05) is 19.6 Å². The second-order valence-corrected chi connectivity index (χ2v) is 8.86. The lowest BCUT2D eigenvalue weighted by Gasteiger charge is -2.39. The van der Waals surface area contributed by atoms with Gasteiger partial charge < -0.3 is 20.8 Å². The van der Waals surface area contributed by atoms with Gasteiger partial charge in [-0.2, -0.15) is 10.2 Å². The Labute approximate surface area is 208 Å². The van der Waals surface area contributed by atoms with Crippen LogP contribution < -0.4 is 15.9 Å². The predicted molar refractivity (Wildman–Crippen MR) is 125 cm³/mol. The van der Waals surface area contributed by atoms with E-state index >= 15 is 0 Å². The largest absolute Gasteiger partial charge is 0.483 e. The second kappa shape index (κ2) is 9.22. The summed E-state index contributed by atoms with van der Waals surface area (Å²) in [7, 11) is 0. The summed E-state index contributed by atoms with van der Waals surface area (Å²) >= 11 is 0. The van der Waals surface area contributed by atoms with Crippen molar-refractivity contribution in [1.29, 1.82) is 0 Å². The first-order chi connectivity index (χ1) is 17.6. The SMILES string of the molecule is Cc1nn(-c2cc(OC3CN(C(=O)C4=NNCC4c4cc(F)cc(F)c4)C3)c(F)cn2)c(C)c1C(N)=O. The lowest BCUT2D eigenvalue weighted by atomic mass is 9.93. The molecule has 1 atom stereocenters. The number of primary amides is 1. The first kappa shape index (κ1) is 24.3. The average molecular weight is 513 g/mol. The Morgan fingerprint density at radius 1 is 1.11 bits per heavy atom. The molecular weight excluding hydrogens is 491 g/mol. The Bertz CT molecular complexity index is 1430. The van der Waals surface area contributed by atoms with Gasteiger partial charge in [0.25, 0.3) is 11.8 Å². The number of aryl methyl sites for hydroxylation is 1. The Kier molecular flexibility index (Phi) is 6.05. The number of amides is 2. The minimum Gasteiger partial charge on any atom is -0.483 e. The third-order valence-electron chi connectivity index (χ3n) is 6.32. The molecule has 3 aromatic rings. The maximum Gasteiger partial charge on any atom is 0.271 e. The smallest absolute Gasteiger partial charge is 0.271 e. The number of halogens is 3. The second-order valence-electron chi connectivity index (χ2n) is 8.86. The number of hydrogen-bond acceptors (Lipinski definition) is 7. The molecule has 0 bridgehead atoms. The number of nitrogens with two attached hydrogens (primary N) is 1. The van der Waals surface area contributed by atoms with Crippen LogP contribution in [0.15, 0.2) is 35.6 Å². The molecule has 192 valence electrons. The molecule has 10 nitrogen and oxygen atoms in total. The summed E-state index contributed by atoms with van der Waals surface area (Å²) < 4.78 is 49.0. The summed E-state index contributed by atoms with van der Waals surface area (Å²) in [6, 6.07) is 4.45. The Morgan fingerprint density at radius 3 is 2.46 bits per heavy atom. The molecule has 3 N–H and O–H groups in total. The van der Waals surface area contributed by atoms with E-state index in [9.17, 15) is 22.8 Å². The van der Waals surface area contributed by atoms with Gasteiger partial charge in [-0.05, 0) is 31.5 Å². The fourth-order valence-electron chi connectivity index (χ4n) is 4.50. The molecule has 0 saturated carbocycles. The summed E-state index contributed by atoms with van der Waals surface area (Å²) in [5.74, 6) is -3.70. The third-order valence-corrected chi connectivity index (χ3v) is 6.32. The zero-order valence-electron chi connectivity index (χ0n) is 19.8. The molecule has 1 unspecified atom stereocenters. The number of carbonyl (C=O) groups is 2. The molecule has 37 heavy (non-hydrogen) atoms. The van der Waals surface area contributed by atoms with Crippen LogP contribution in [0.2, 0.25) is 0 Å². The Morgan fingerprint density at radius 2 is 1.81 bits per heavy atom. The topological polar surface area (TPSA) is 128 Å². The van der Waals surface area contributed by atoms with E-state index in [1.54, 1.807) is 13.8 Å². The van der Waals surface area contributed by atoms with Crippen LogP contribution in [0.5, 0.6) is 5.75 Å². The van der Waals surface area contributed by atoms with E-state index < -0.39 is 41.3 Å². The summed E-state index contributed by atoms with van der Waals surface area (Å²) in [4.78, 5) is 30.2. The molecule has 1 fully saturated rings. The predicted octanol–water partition coefficient (Wildman–Crippen LogP) is 1.73. The zero-order chi connectivity index (χ0) is 26.4. The fraction of sp³-hybridized carbons (Fsp3) is 0.292. The fourth-order valence-corrected chi connectivity index (χ4v) is 4.50. The van der Waals surface area contributed by atoms with Gasteiger partial charge in [0.1, 0.15) is 23.5 Å². The van der Waals surface area contributed by atoms with Crippen LogP contribution in [-0.2, 0) is 4.79 Å². The van der Waals surface area contributed by atoms with E-state index in [4.69, 9.17) is 10.5 Å². The van der Waals surface area contributed by atoms with Crippen molar-refractivity contribution in [1.82, 2.24) is 25.1 Å². The van der Waals surface area contributed by atoms with E-state index in [1.807, 2.05) is 0 Å². The quantitative estimate of drug-likeness (QED) is 0.517. The van der Waals surface area contributed by atoms with Crippen molar-refractivity contribution in [2.45, 2.75) is 25.9 Å². The molecule has 0 aliphatic carbocycles. The Balaban J connectivity index is 1.27. The third kappa shape index (κ3) is 4.47. The van der Waals surface area contributed by atoms with Gasteiger partial charge in [-0.15, -0.1) is 0 Å². The number of aromatic nitrogens is 3. The van der Waals surface area contributed by atoms with Crippen LogP contribution in [-0.4, -0.2) is 62.9 Å². The van der Waals surface area contributed by atoms with E-state index in [-0.39, 0.29) is 42.5 Å². The maximum atomic E-state index is 14.5. The van der Waals surface area contributed by atoms with Gasteiger partial charge in [-0.25, -0.2) is 22.8 Å². The first-order valence-electron chi connectivity index (χ1n) is 11.4. The highest BCUT2D eigenvalue weighted by Gasteiger charge is 2.39. The van der Waals surface area contributed by atoms with E-state index in [0.29, 0.717) is 17.0 Å². The molecule has 2 aliphatic heterocycles. The monoisotopic (exact) mass is 513 g/mol. The van der Waals surface area contributed by atoms with E-state index in [1.165, 1.54) is 27.8 Å². The number of ether oxygens (including phenoxy) is 1. The molecule has 1 saturated heterocycles. The van der Waals surface area contributed by atoms with Crippen LogP contribution in [0.4, 0.5) is 13.2 Å². The maximum absolute atomic E-state index is 14.5. The Hall–Kier alpha value is -4.42. The number of likely N-dealkylation sites (tertiary alicyclic amines) is 1. The number of nitrogens with one attached hydrogen (secondary N) is 1. The van der Waals surface area contributed by atoms with Crippen LogP contribution in [0, 0.1) is 31.3 Å². The van der Waals surface area contributed by atoms with Gasteiger partial charge in [-0.1, -0.05) is 0 Å². The molecule has 2 amide bonds. The molecule has 13 heteroatoms.